The molecule has 0 N–H and O–H groups in total. The zero-order valence-corrected chi connectivity index (χ0v) is 27.0. The van der Waals surface area contributed by atoms with Crippen molar-refractivity contribution in [1.29, 1.82) is 10.5 Å². The van der Waals surface area contributed by atoms with Gasteiger partial charge in [0.05, 0.1) is 36.5 Å². The van der Waals surface area contributed by atoms with Crippen molar-refractivity contribution in [3.63, 3.8) is 0 Å². The number of piperazine rings is 1. The number of hydrogen-bond acceptors (Lipinski definition) is 8. The first kappa shape index (κ1) is 30.1. The first-order chi connectivity index (χ1) is 22.3. The summed E-state index contributed by atoms with van der Waals surface area (Å²) in [5, 5.41) is 22.9. The number of piperidine rings is 1. The van der Waals surface area contributed by atoms with Crippen LogP contribution in [-0.2, 0) is 17.8 Å². The number of likely N-dealkylation sites (tertiary alicyclic amines) is 1. The van der Waals surface area contributed by atoms with Gasteiger partial charge in [0, 0.05) is 61.3 Å². The van der Waals surface area contributed by atoms with Crippen molar-refractivity contribution < 1.29 is 4.79 Å². The van der Waals surface area contributed by atoms with E-state index in [1.165, 1.54) is 40.9 Å². The Kier molecular flexibility index (Phi) is 7.82. The van der Waals surface area contributed by atoms with E-state index < -0.39 is 0 Å². The number of nitrogens with zero attached hydrogens (tertiary/aromatic N) is 8. The molecule has 4 aliphatic rings. The summed E-state index contributed by atoms with van der Waals surface area (Å²) in [5.74, 6) is 0.640. The molecule has 1 amide bonds. The molecule has 7 rings (SSSR count). The average Bonchev–Trinajstić information content (AvgIpc) is 3.06. The highest BCUT2D eigenvalue weighted by Crippen LogP contribution is 2.46. The molecule has 0 radical (unpaired) electrons. The van der Waals surface area contributed by atoms with Gasteiger partial charge in [0.2, 0.25) is 5.91 Å². The number of pyridine rings is 1. The van der Waals surface area contributed by atoms with E-state index in [2.05, 4.69) is 88.7 Å². The molecule has 46 heavy (non-hydrogen) atoms. The molecule has 3 aromatic rings. The number of anilines is 3. The number of carbonyl (C=O) groups excluding carboxylic acids is 1. The highest BCUT2D eigenvalue weighted by atomic mass is 16.2. The summed E-state index contributed by atoms with van der Waals surface area (Å²) in [4.78, 5) is 29.2. The highest BCUT2D eigenvalue weighted by molar-refractivity contribution is 5.97. The minimum Gasteiger partial charge on any atom is -0.366 e. The van der Waals surface area contributed by atoms with Crippen molar-refractivity contribution >= 4 is 33.9 Å². The van der Waals surface area contributed by atoms with E-state index in [4.69, 9.17) is 4.98 Å². The number of rotatable bonds is 5. The molecule has 1 aromatic heterocycles. The van der Waals surface area contributed by atoms with Gasteiger partial charge in [-0.25, -0.2) is 4.98 Å². The minimum absolute atomic E-state index is 0.150. The quantitative estimate of drug-likeness (QED) is 0.385. The number of aryl methyl sites for hydroxylation is 1. The van der Waals surface area contributed by atoms with Crippen LogP contribution in [0.1, 0.15) is 41.6 Å². The number of hydrogen-bond donors (Lipinski definition) is 0. The van der Waals surface area contributed by atoms with Crippen molar-refractivity contribution in [3.8, 4) is 12.1 Å². The molecule has 0 saturated carbocycles. The second-order valence-corrected chi connectivity index (χ2v) is 13.7. The Hall–Kier alpha value is -4.60. The van der Waals surface area contributed by atoms with Gasteiger partial charge in [-0.15, -0.1) is 0 Å². The van der Waals surface area contributed by atoms with Gasteiger partial charge < -0.3 is 24.5 Å². The van der Waals surface area contributed by atoms with E-state index in [0.29, 0.717) is 31.7 Å². The fourth-order valence-corrected chi connectivity index (χ4v) is 8.27. The van der Waals surface area contributed by atoms with Crippen LogP contribution in [0.25, 0.3) is 10.8 Å². The molecule has 0 aliphatic carbocycles. The summed E-state index contributed by atoms with van der Waals surface area (Å²) in [6.45, 7) is 13.0. The van der Waals surface area contributed by atoms with E-state index >= 15 is 0 Å². The van der Waals surface area contributed by atoms with E-state index in [1.54, 1.807) is 4.90 Å². The van der Waals surface area contributed by atoms with Gasteiger partial charge in [-0.1, -0.05) is 36.9 Å². The topological polar surface area (TPSA) is 93.7 Å². The highest BCUT2D eigenvalue weighted by Gasteiger charge is 2.46. The lowest BCUT2D eigenvalue weighted by atomic mass is 9.72. The number of benzene rings is 2. The van der Waals surface area contributed by atoms with Gasteiger partial charge in [0.1, 0.15) is 17.5 Å². The Morgan fingerprint density at radius 2 is 1.80 bits per heavy atom. The first-order valence-electron chi connectivity index (χ1n) is 16.5. The number of amides is 1. The Morgan fingerprint density at radius 3 is 2.52 bits per heavy atom. The van der Waals surface area contributed by atoms with Crippen LogP contribution in [-0.4, -0.2) is 86.1 Å². The predicted octanol–water partition coefficient (Wildman–Crippen LogP) is 4.63. The molecule has 9 nitrogen and oxygen atoms in total. The number of nitriles is 2. The molecule has 1 atom stereocenters. The van der Waals surface area contributed by atoms with Gasteiger partial charge in [-0.3, -0.25) is 4.79 Å². The van der Waals surface area contributed by atoms with Gasteiger partial charge in [0.25, 0.3) is 0 Å². The normalized spacial score (nSPS) is 21.0. The van der Waals surface area contributed by atoms with Crippen molar-refractivity contribution in [2.24, 2.45) is 5.41 Å². The Bertz CT molecular complexity index is 1770. The van der Waals surface area contributed by atoms with Crippen LogP contribution in [0.2, 0.25) is 0 Å². The molecule has 9 heteroatoms. The van der Waals surface area contributed by atoms with Crippen LogP contribution in [0.15, 0.2) is 49.1 Å². The third kappa shape index (κ3) is 5.13. The van der Waals surface area contributed by atoms with Crippen molar-refractivity contribution in [1.82, 2.24) is 14.8 Å². The van der Waals surface area contributed by atoms with E-state index in [0.717, 1.165) is 61.9 Å². The maximum absolute atomic E-state index is 12.7. The lowest BCUT2D eigenvalue weighted by molar-refractivity contribution is -0.128. The maximum atomic E-state index is 12.7. The monoisotopic (exact) mass is 614 g/mol. The first-order valence-corrected chi connectivity index (χ1v) is 16.5. The number of carbonyl (C=O) groups is 1. The van der Waals surface area contributed by atoms with E-state index in [1.807, 2.05) is 0 Å². The minimum atomic E-state index is -0.270. The second-order valence-electron chi connectivity index (χ2n) is 13.7. The van der Waals surface area contributed by atoms with Gasteiger partial charge in [0.15, 0.2) is 0 Å². The van der Waals surface area contributed by atoms with Crippen LogP contribution in [0.5, 0.6) is 0 Å². The van der Waals surface area contributed by atoms with Crippen molar-refractivity contribution in [2.75, 3.05) is 74.1 Å². The third-order valence-corrected chi connectivity index (χ3v) is 10.8. The smallest absolute Gasteiger partial charge is 0.246 e. The van der Waals surface area contributed by atoms with Crippen LogP contribution < -0.4 is 14.7 Å². The lowest BCUT2D eigenvalue weighted by Crippen LogP contribution is -2.60. The summed E-state index contributed by atoms with van der Waals surface area (Å²) in [5.41, 5.74) is 6.50. The third-order valence-electron chi connectivity index (χ3n) is 10.8. The van der Waals surface area contributed by atoms with Crippen LogP contribution in [0, 0.1) is 35.0 Å². The zero-order chi connectivity index (χ0) is 32.0. The molecule has 3 fully saturated rings. The maximum Gasteiger partial charge on any atom is 0.246 e. The summed E-state index contributed by atoms with van der Waals surface area (Å²) in [6, 6.07) is 17.6. The fraction of sp³-hybridized carbons (Fsp3) is 0.459. The molecule has 236 valence electrons. The number of fused-ring (bicyclic) bond motifs is 2. The second kappa shape index (κ2) is 12.0. The predicted molar refractivity (Wildman–Crippen MR) is 182 cm³/mol. The summed E-state index contributed by atoms with van der Waals surface area (Å²) >= 11 is 0. The van der Waals surface area contributed by atoms with Gasteiger partial charge in [-0.05, 0) is 69.4 Å². The number of aromatic nitrogens is 1. The van der Waals surface area contributed by atoms with Crippen LogP contribution in [0.3, 0.4) is 0 Å². The zero-order valence-electron chi connectivity index (χ0n) is 27.0. The summed E-state index contributed by atoms with van der Waals surface area (Å²) in [7, 11) is 2.19. The van der Waals surface area contributed by atoms with Gasteiger partial charge >= 0.3 is 0 Å². The van der Waals surface area contributed by atoms with Crippen molar-refractivity contribution in [2.45, 2.75) is 45.2 Å². The Balaban J connectivity index is 1.29. The molecule has 0 unspecified atom stereocenters. The summed E-state index contributed by atoms with van der Waals surface area (Å²) in [6.07, 6.45) is 4.67. The SMILES string of the molecule is C=CC(=O)N1CCN(c2c(C#N)c(N3CC4(CCN(C)CC4)C3)nc3c2CCN(c2cccc4cccc(C)c24)C3)C[C@@H]1CC#N. The van der Waals surface area contributed by atoms with Crippen LogP contribution >= 0.6 is 0 Å². The fourth-order valence-electron chi connectivity index (χ4n) is 8.27. The van der Waals surface area contributed by atoms with Crippen molar-refractivity contribution in [3.05, 3.63) is 71.4 Å². The molecule has 1 spiro atoms. The van der Waals surface area contributed by atoms with Crippen LogP contribution in [0.4, 0.5) is 17.2 Å². The van der Waals surface area contributed by atoms with E-state index in [9.17, 15) is 15.3 Å². The Morgan fingerprint density at radius 1 is 1.04 bits per heavy atom. The molecular formula is C37H42N8O. The lowest BCUT2D eigenvalue weighted by Gasteiger charge is -2.54. The molecule has 2 aromatic carbocycles. The van der Waals surface area contributed by atoms with E-state index in [-0.39, 0.29) is 23.8 Å². The molecule has 5 heterocycles. The standard InChI is InChI=1S/C37H42N8O/c1-4-33(46)45-20-19-43(22-28(45)11-15-38)35-29-12-16-42(32-10-6-9-27-8-5-7-26(2)34(27)32)23-31(29)40-36(30(35)21-39)44-24-37(25-44)13-17-41(3)18-14-37/h4-10,28H,1,11-14,16-20,22-25H2,2-3H3/t28-/m0/s1. The molecule has 0 bridgehead atoms. The molecule has 3 saturated heterocycles. The average molecular weight is 615 g/mol. The summed E-state index contributed by atoms with van der Waals surface area (Å²) < 4.78 is 0. The molecular weight excluding hydrogens is 572 g/mol. The largest absolute Gasteiger partial charge is 0.366 e. The molecule has 4 aliphatic heterocycles. The Labute approximate surface area is 271 Å². The van der Waals surface area contributed by atoms with Gasteiger partial charge in [-0.2, -0.15) is 10.5 Å².